The number of carbonyl (C=O) groups is 1. The molecule has 6 heteroatoms. The van der Waals surface area contributed by atoms with Crippen molar-refractivity contribution in [2.24, 2.45) is 0 Å². The van der Waals surface area contributed by atoms with E-state index in [1.807, 2.05) is 0 Å². The van der Waals surface area contributed by atoms with Gasteiger partial charge in [-0.25, -0.2) is 0 Å². The Morgan fingerprint density at radius 1 is 1.17 bits per heavy atom. The third kappa shape index (κ3) is 5.41. The highest BCUT2D eigenvalue weighted by atomic mass is 28.4. The standard InChI is InChI=1S/C12H24O5Si/c1-6-8-16-9-7-10-17-18(14-4,15-5)12(13)11(2)3/h2,6-10H2,1,3-5H3. The maximum absolute atomic E-state index is 11.9. The van der Waals surface area contributed by atoms with E-state index in [1.54, 1.807) is 6.92 Å². The number of hydrogen-bond acceptors (Lipinski definition) is 5. The molecule has 0 aromatic heterocycles. The largest absolute Gasteiger partial charge is 0.579 e. The molecule has 0 radical (unpaired) electrons. The zero-order valence-corrected chi connectivity index (χ0v) is 12.8. The zero-order chi connectivity index (χ0) is 14.0. The lowest BCUT2D eigenvalue weighted by molar-refractivity contribution is -0.115. The minimum atomic E-state index is -3.27. The predicted molar refractivity (Wildman–Crippen MR) is 71.3 cm³/mol. The molecule has 0 atom stereocenters. The van der Waals surface area contributed by atoms with Crippen LogP contribution in [0.1, 0.15) is 26.7 Å². The third-order valence-corrected chi connectivity index (χ3v) is 4.92. The van der Waals surface area contributed by atoms with Crippen LogP contribution in [0.15, 0.2) is 12.2 Å². The first-order chi connectivity index (χ1) is 8.54. The summed E-state index contributed by atoms with van der Waals surface area (Å²) in [6, 6.07) is 0. The van der Waals surface area contributed by atoms with Crippen LogP contribution in [0.25, 0.3) is 0 Å². The van der Waals surface area contributed by atoms with Crippen LogP contribution in [-0.2, 0) is 22.8 Å². The van der Waals surface area contributed by atoms with Crippen molar-refractivity contribution < 1.29 is 22.8 Å². The van der Waals surface area contributed by atoms with Gasteiger partial charge in [-0.15, -0.1) is 0 Å². The first-order valence-electron chi connectivity index (χ1n) is 6.06. The molecule has 0 aliphatic carbocycles. The third-order valence-electron chi connectivity index (χ3n) is 2.28. The lowest BCUT2D eigenvalue weighted by Gasteiger charge is -2.24. The van der Waals surface area contributed by atoms with Gasteiger partial charge in [0.25, 0.3) is 0 Å². The maximum atomic E-state index is 11.9. The average Bonchev–Trinajstić information content (AvgIpc) is 2.38. The first-order valence-corrected chi connectivity index (χ1v) is 7.78. The quantitative estimate of drug-likeness (QED) is 0.327. The Balaban J connectivity index is 4.19. The molecule has 0 amide bonds. The minimum Gasteiger partial charge on any atom is -0.381 e. The highest BCUT2D eigenvalue weighted by molar-refractivity contribution is 6.94. The summed E-state index contributed by atoms with van der Waals surface area (Å²) in [5, 5.41) is -0.276. The van der Waals surface area contributed by atoms with Crippen LogP contribution < -0.4 is 0 Å². The van der Waals surface area contributed by atoms with Gasteiger partial charge in [-0.2, -0.15) is 0 Å². The van der Waals surface area contributed by atoms with Gasteiger partial charge in [0.05, 0.1) is 0 Å². The van der Waals surface area contributed by atoms with Gasteiger partial charge >= 0.3 is 8.80 Å². The molecule has 0 aromatic carbocycles. The molecule has 5 nitrogen and oxygen atoms in total. The van der Waals surface area contributed by atoms with Crippen LogP contribution in [0.5, 0.6) is 0 Å². The SMILES string of the molecule is C=C(C)C(=O)[Si](OC)(OC)OCCCOCCC. The number of allylic oxidation sites excluding steroid dienone is 1. The molecule has 0 aliphatic rings. The maximum Gasteiger partial charge on any atom is 0.579 e. The highest BCUT2D eigenvalue weighted by Gasteiger charge is 2.48. The normalized spacial score (nSPS) is 11.6. The van der Waals surface area contributed by atoms with Crippen molar-refractivity contribution in [1.29, 1.82) is 0 Å². The number of carbonyl (C=O) groups excluding carboxylic acids is 1. The number of ether oxygens (including phenoxy) is 1. The lowest BCUT2D eigenvalue weighted by atomic mass is 10.4. The van der Waals surface area contributed by atoms with E-state index in [9.17, 15) is 4.79 Å². The molecule has 0 aliphatic heterocycles. The van der Waals surface area contributed by atoms with Gasteiger partial charge < -0.3 is 18.0 Å². The Bertz CT molecular complexity index is 263. The molecule has 0 aromatic rings. The lowest BCUT2D eigenvalue weighted by Crippen LogP contribution is -2.53. The van der Waals surface area contributed by atoms with Gasteiger partial charge in [0.1, 0.15) is 0 Å². The molecule has 0 N–H and O–H groups in total. The van der Waals surface area contributed by atoms with Crippen LogP contribution >= 0.6 is 0 Å². The monoisotopic (exact) mass is 276 g/mol. The second kappa shape index (κ2) is 9.40. The molecule has 0 spiro atoms. The fraction of sp³-hybridized carbons (Fsp3) is 0.750. The number of rotatable bonds is 11. The van der Waals surface area contributed by atoms with Crippen molar-refractivity contribution in [3.63, 3.8) is 0 Å². The summed E-state index contributed by atoms with van der Waals surface area (Å²) in [7, 11) is -0.431. The summed E-state index contributed by atoms with van der Waals surface area (Å²) in [6.45, 7) is 8.99. The second-order valence-corrected chi connectivity index (χ2v) is 6.56. The highest BCUT2D eigenvalue weighted by Crippen LogP contribution is 2.13. The van der Waals surface area contributed by atoms with E-state index in [0.29, 0.717) is 25.2 Å². The van der Waals surface area contributed by atoms with Crippen LogP contribution in [0.3, 0.4) is 0 Å². The molecule has 0 saturated heterocycles. The van der Waals surface area contributed by atoms with E-state index >= 15 is 0 Å². The number of hydrogen-bond donors (Lipinski definition) is 0. The van der Waals surface area contributed by atoms with E-state index in [1.165, 1.54) is 14.2 Å². The molecule has 0 fully saturated rings. The topological polar surface area (TPSA) is 54.0 Å². The molecule has 0 saturated carbocycles. The van der Waals surface area contributed by atoms with Gasteiger partial charge in [-0.1, -0.05) is 13.5 Å². The van der Waals surface area contributed by atoms with Gasteiger partial charge in [-0.3, -0.25) is 4.79 Å². The van der Waals surface area contributed by atoms with E-state index in [2.05, 4.69) is 13.5 Å². The molecule has 0 bridgehead atoms. The fourth-order valence-corrected chi connectivity index (χ4v) is 3.17. The Hall–Kier alpha value is -0.533. The summed E-state index contributed by atoms with van der Waals surface area (Å²) in [6.07, 6.45) is 1.69. The second-order valence-electron chi connectivity index (χ2n) is 3.89. The Morgan fingerprint density at radius 2 is 1.78 bits per heavy atom. The van der Waals surface area contributed by atoms with E-state index in [0.717, 1.165) is 13.0 Å². The molecule has 18 heavy (non-hydrogen) atoms. The van der Waals surface area contributed by atoms with Crippen LogP contribution in [0, 0.1) is 0 Å². The van der Waals surface area contributed by atoms with E-state index in [4.69, 9.17) is 18.0 Å². The predicted octanol–water partition coefficient (Wildman–Crippen LogP) is 1.74. The molecule has 0 rings (SSSR count). The van der Waals surface area contributed by atoms with Crippen molar-refractivity contribution in [3.05, 3.63) is 12.2 Å². The summed E-state index contributed by atoms with van der Waals surface area (Å²) in [4.78, 5) is 11.9. The molecule has 106 valence electrons. The molecule has 0 heterocycles. The molecule has 0 unspecified atom stereocenters. The van der Waals surface area contributed by atoms with Crippen LogP contribution in [0.2, 0.25) is 0 Å². The average molecular weight is 276 g/mol. The Kier molecular flexibility index (Phi) is 9.13. The van der Waals surface area contributed by atoms with E-state index in [-0.39, 0.29) is 5.41 Å². The van der Waals surface area contributed by atoms with Crippen molar-refractivity contribution in [1.82, 2.24) is 0 Å². The summed E-state index contributed by atoms with van der Waals surface area (Å²) in [5.74, 6) is 0. The summed E-state index contributed by atoms with van der Waals surface area (Å²) in [5.41, 5.74) is 0.382. The van der Waals surface area contributed by atoms with E-state index < -0.39 is 8.80 Å². The summed E-state index contributed by atoms with van der Waals surface area (Å²) >= 11 is 0. The van der Waals surface area contributed by atoms with Gasteiger partial charge in [0, 0.05) is 34.0 Å². The van der Waals surface area contributed by atoms with Crippen LogP contribution in [-0.4, -0.2) is 48.3 Å². The molecular weight excluding hydrogens is 252 g/mol. The van der Waals surface area contributed by atoms with Crippen molar-refractivity contribution in [3.8, 4) is 0 Å². The zero-order valence-electron chi connectivity index (χ0n) is 11.8. The van der Waals surface area contributed by atoms with Crippen LogP contribution in [0.4, 0.5) is 0 Å². The first kappa shape index (κ1) is 17.5. The molecular formula is C12H24O5Si. The fourth-order valence-electron chi connectivity index (χ4n) is 1.33. The van der Waals surface area contributed by atoms with Crippen molar-refractivity contribution >= 4 is 14.2 Å². The smallest absolute Gasteiger partial charge is 0.381 e. The van der Waals surface area contributed by atoms with Gasteiger partial charge in [0.2, 0.25) is 5.41 Å². The Morgan fingerprint density at radius 3 is 2.22 bits per heavy atom. The Labute approximate surface area is 110 Å². The van der Waals surface area contributed by atoms with Crippen molar-refractivity contribution in [2.45, 2.75) is 26.7 Å². The minimum absolute atomic E-state index is 0.276. The summed E-state index contributed by atoms with van der Waals surface area (Å²) < 4.78 is 21.2. The van der Waals surface area contributed by atoms with Crippen molar-refractivity contribution in [2.75, 3.05) is 34.0 Å². The van der Waals surface area contributed by atoms with Gasteiger partial charge in [-0.05, 0) is 25.3 Å². The van der Waals surface area contributed by atoms with Gasteiger partial charge in [0.15, 0.2) is 0 Å².